The van der Waals surface area contributed by atoms with Gasteiger partial charge < -0.3 is 4.90 Å². The molecule has 3 nitrogen and oxygen atoms in total. The van der Waals surface area contributed by atoms with E-state index in [1.54, 1.807) is 4.90 Å². The van der Waals surface area contributed by atoms with Crippen LogP contribution in [0.25, 0.3) is 6.08 Å². The largest absolute Gasteiger partial charge is 0.372 e. The van der Waals surface area contributed by atoms with Crippen LogP contribution in [0.15, 0.2) is 59.5 Å². The van der Waals surface area contributed by atoms with E-state index in [0.717, 1.165) is 24.2 Å². The number of hydrogen-bond acceptors (Lipinski definition) is 4. The van der Waals surface area contributed by atoms with Crippen LogP contribution >= 0.6 is 24.0 Å². The van der Waals surface area contributed by atoms with Crippen molar-refractivity contribution in [2.75, 3.05) is 18.0 Å². The molecule has 1 heterocycles. The van der Waals surface area contributed by atoms with E-state index in [1.807, 2.05) is 36.4 Å². The van der Waals surface area contributed by atoms with Crippen molar-refractivity contribution in [2.45, 2.75) is 20.4 Å². The fourth-order valence-corrected chi connectivity index (χ4v) is 4.18. The second-order valence-electron chi connectivity index (χ2n) is 6.02. The van der Waals surface area contributed by atoms with Gasteiger partial charge in [-0.25, -0.2) is 0 Å². The molecule has 0 aromatic heterocycles. The SMILES string of the molecule is CCN(CC)c1ccc(C=C2SC(=S)N(Cc3ccccc3)C2=O)cc1. The van der Waals surface area contributed by atoms with Crippen LogP contribution < -0.4 is 4.90 Å². The maximum atomic E-state index is 12.7. The van der Waals surface area contributed by atoms with Gasteiger partial charge in [0.1, 0.15) is 4.32 Å². The third kappa shape index (κ3) is 4.17. The number of carbonyl (C=O) groups excluding carboxylic acids is 1. The Morgan fingerprint density at radius 1 is 1.04 bits per heavy atom. The lowest BCUT2D eigenvalue weighted by atomic mass is 10.1. The van der Waals surface area contributed by atoms with Crippen molar-refractivity contribution in [1.82, 2.24) is 4.90 Å². The average Bonchev–Trinajstić information content (AvgIpc) is 2.92. The predicted octanol–water partition coefficient (Wildman–Crippen LogP) is 4.93. The predicted molar refractivity (Wildman–Crippen MR) is 115 cm³/mol. The van der Waals surface area contributed by atoms with Gasteiger partial charge in [-0.15, -0.1) is 0 Å². The van der Waals surface area contributed by atoms with Gasteiger partial charge in [0.15, 0.2) is 0 Å². The van der Waals surface area contributed by atoms with Gasteiger partial charge >= 0.3 is 0 Å². The summed E-state index contributed by atoms with van der Waals surface area (Å²) in [6.45, 7) is 6.77. The van der Waals surface area contributed by atoms with E-state index in [4.69, 9.17) is 12.2 Å². The molecule has 0 bridgehead atoms. The van der Waals surface area contributed by atoms with Crippen molar-refractivity contribution < 1.29 is 4.79 Å². The Labute approximate surface area is 164 Å². The van der Waals surface area contributed by atoms with Crippen LogP contribution in [-0.2, 0) is 11.3 Å². The van der Waals surface area contributed by atoms with Crippen LogP contribution in [0.4, 0.5) is 5.69 Å². The molecular weight excluding hydrogens is 360 g/mol. The van der Waals surface area contributed by atoms with Crippen molar-refractivity contribution in [3.05, 3.63) is 70.6 Å². The average molecular weight is 383 g/mol. The van der Waals surface area contributed by atoms with Gasteiger partial charge in [0.2, 0.25) is 0 Å². The lowest BCUT2D eigenvalue weighted by Gasteiger charge is -2.20. The van der Waals surface area contributed by atoms with Crippen LogP contribution in [-0.4, -0.2) is 28.2 Å². The molecule has 1 fully saturated rings. The van der Waals surface area contributed by atoms with Gasteiger partial charge in [-0.2, -0.15) is 0 Å². The molecule has 0 atom stereocenters. The Balaban J connectivity index is 1.75. The van der Waals surface area contributed by atoms with Gasteiger partial charge in [0.25, 0.3) is 5.91 Å². The Morgan fingerprint density at radius 2 is 1.69 bits per heavy atom. The van der Waals surface area contributed by atoms with Crippen molar-refractivity contribution in [1.29, 1.82) is 0 Å². The highest BCUT2D eigenvalue weighted by Crippen LogP contribution is 2.33. The monoisotopic (exact) mass is 382 g/mol. The van der Waals surface area contributed by atoms with Gasteiger partial charge in [-0.1, -0.05) is 66.4 Å². The van der Waals surface area contributed by atoms with Crippen molar-refractivity contribution in [3.63, 3.8) is 0 Å². The van der Waals surface area contributed by atoms with E-state index in [2.05, 4.69) is 43.0 Å². The van der Waals surface area contributed by atoms with Crippen molar-refractivity contribution in [3.8, 4) is 0 Å². The number of amides is 1. The first-order valence-corrected chi connectivity index (χ1v) is 9.99. The first kappa shape index (κ1) is 18.7. The Morgan fingerprint density at radius 3 is 2.31 bits per heavy atom. The summed E-state index contributed by atoms with van der Waals surface area (Å²) in [5, 5.41) is 0. The molecule has 3 rings (SSSR count). The first-order chi connectivity index (χ1) is 12.6. The lowest BCUT2D eigenvalue weighted by molar-refractivity contribution is -0.122. The van der Waals surface area contributed by atoms with Crippen LogP contribution in [0.3, 0.4) is 0 Å². The number of nitrogens with zero attached hydrogens (tertiary/aromatic N) is 2. The minimum Gasteiger partial charge on any atom is -0.372 e. The zero-order valence-electron chi connectivity index (χ0n) is 15.0. The summed E-state index contributed by atoms with van der Waals surface area (Å²) in [5.74, 6) is -0.0170. The van der Waals surface area contributed by atoms with E-state index >= 15 is 0 Å². The minimum absolute atomic E-state index is 0.0170. The second kappa shape index (κ2) is 8.52. The summed E-state index contributed by atoms with van der Waals surface area (Å²) in [6, 6.07) is 18.2. The Bertz CT molecular complexity index is 812. The number of hydrogen-bond donors (Lipinski definition) is 0. The number of carbonyl (C=O) groups is 1. The highest BCUT2D eigenvalue weighted by atomic mass is 32.2. The molecular formula is C21H22N2OS2. The number of anilines is 1. The fraction of sp³-hybridized carbons (Fsp3) is 0.238. The molecule has 0 N–H and O–H groups in total. The zero-order valence-corrected chi connectivity index (χ0v) is 16.6. The molecule has 0 saturated carbocycles. The molecule has 1 saturated heterocycles. The standard InChI is InChI=1S/C21H22N2OS2/c1-3-22(4-2)18-12-10-16(11-13-18)14-19-20(24)23(21(25)26-19)15-17-8-6-5-7-9-17/h5-14H,3-4,15H2,1-2H3. The maximum absolute atomic E-state index is 12.7. The fourth-order valence-electron chi connectivity index (χ4n) is 2.92. The molecule has 1 aliphatic rings. The normalized spacial score (nSPS) is 15.8. The van der Waals surface area contributed by atoms with E-state index < -0.39 is 0 Å². The van der Waals surface area contributed by atoms with Crippen molar-refractivity contribution in [2.24, 2.45) is 0 Å². The third-order valence-electron chi connectivity index (χ3n) is 4.38. The molecule has 0 radical (unpaired) electrons. The summed E-state index contributed by atoms with van der Waals surface area (Å²) in [4.78, 5) is 17.4. The summed E-state index contributed by atoms with van der Waals surface area (Å²) in [5.41, 5.74) is 3.29. The topological polar surface area (TPSA) is 23.6 Å². The number of benzene rings is 2. The van der Waals surface area contributed by atoms with Crippen LogP contribution in [0.2, 0.25) is 0 Å². The number of thioether (sulfide) groups is 1. The summed E-state index contributed by atoms with van der Waals surface area (Å²) < 4.78 is 0.616. The van der Waals surface area contributed by atoms with E-state index in [9.17, 15) is 4.79 Å². The summed E-state index contributed by atoms with van der Waals surface area (Å²) in [7, 11) is 0. The highest BCUT2D eigenvalue weighted by molar-refractivity contribution is 8.26. The Hall–Kier alpha value is -2.11. The Kier molecular flexibility index (Phi) is 6.12. The molecule has 26 heavy (non-hydrogen) atoms. The van der Waals surface area contributed by atoms with Crippen molar-refractivity contribution >= 4 is 46.0 Å². The molecule has 0 aliphatic carbocycles. The molecule has 2 aromatic carbocycles. The smallest absolute Gasteiger partial charge is 0.266 e. The van der Waals surface area contributed by atoms with Gasteiger partial charge in [0.05, 0.1) is 11.4 Å². The lowest BCUT2D eigenvalue weighted by Crippen LogP contribution is -2.27. The summed E-state index contributed by atoms with van der Waals surface area (Å²) >= 11 is 6.79. The van der Waals surface area contributed by atoms with Gasteiger partial charge in [-0.05, 0) is 43.2 Å². The van der Waals surface area contributed by atoms with Crippen LogP contribution in [0.5, 0.6) is 0 Å². The minimum atomic E-state index is -0.0170. The molecule has 2 aromatic rings. The van der Waals surface area contributed by atoms with Gasteiger partial charge in [0, 0.05) is 18.8 Å². The van der Waals surface area contributed by atoms with Crippen LogP contribution in [0.1, 0.15) is 25.0 Å². The molecule has 1 amide bonds. The highest BCUT2D eigenvalue weighted by Gasteiger charge is 2.31. The maximum Gasteiger partial charge on any atom is 0.266 e. The molecule has 0 unspecified atom stereocenters. The van der Waals surface area contributed by atoms with Gasteiger partial charge in [-0.3, -0.25) is 9.69 Å². The van der Waals surface area contributed by atoms with E-state index in [0.29, 0.717) is 15.8 Å². The second-order valence-corrected chi connectivity index (χ2v) is 7.69. The molecule has 134 valence electrons. The van der Waals surface area contributed by atoms with Crippen LogP contribution in [0, 0.1) is 0 Å². The zero-order chi connectivity index (χ0) is 18.5. The third-order valence-corrected chi connectivity index (χ3v) is 5.75. The van der Waals surface area contributed by atoms with E-state index in [1.165, 1.54) is 17.4 Å². The number of thiocarbonyl (C=S) groups is 1. The first-order valence-electron chi connectivity index (χ1n) is 8.76. The summed E-state index contributed by atoms with van der Waals surface area (Å²) in [6.07, 6.45) is 1.93. The van der Waals surface area contributed by atoms with E-state index in [-0.39, 0.29) is 5.91 Å². The quantitative estimate of drug-likeness (QED) is 0.522. The molecule has 1 aliphatic heterocycles. The molecule has 5 heteroatoms. The molecule has 0 spiro atoms. The number of rotatable bonds is 6.